The number of hydrogen-bond donors (Lipinski definition) is 0. The van der Waals surface area contributed by atoms with Crippen LogP contribution < -0.4 is 0 Å². The monoisotopic (exact) mass is 264 g/mol. The Labute approximate surface area is 108 Å². The van der Waals surface area contributed by atoms with Gasteiger partial charge in [-0.1, -0.05) is 0 Å². The molecule has 2 heterocycles. The highest BCUT2D eigenvalue weighted by Crippen LogP contribution is 2.21. The predicted molar refractivity (Wildman–Crippen MR) is 66.9 cm³/mol. The summed E-state index contributed by atoms with van der Waals surface area (Å²) < 4.78 is 9.85. The van der Waals surface area contributed by atoms with Gasteiger partial charge in [0.1, 0.15) is 5.76 Å². The summed E-state index contributed by atoms with van der Waals surface area (Å²) in [5, 5.41) is 0. The third-order valence-electron chi connectivity index (χ3n) is 2.40. The van der Waals surface area contributed by atoms with Gasteiger partial charge in [-0.15, -0.1) is 11.3 Å². The highest BCUT2D eigenvalue weighted by Gasteiger charge is 2.16. The lowest BCUT2D eigenvalue weighted by Gasteiger charge is -1.95. The summed E-state index contributed by atoms with van der Waals surface area (Å²) in [5.41, 5.74) is 0. The van der Waals surface area contributed by atoms with E-state index < -0.39 is 0 Å². The third kappa shape index (κ3) is 2.68. The number of esters is 1. The van der Waals surface area contributed by atoms with Crippen molar-refractivity contribution < 1.29 is 18.7 Å². The number of aryl methyl sites for hydroxylation is 1. The van der Waals surface area contributed by atoms with E-state index in [2.05, 4.69) is 4.74 Å². The van der Waals surface area contributed by atoms with Crippen LogP contribution in [-0.2, 0) is 16.0 Å². The van der Waals surface area contributed by atoms with Gasteiger partial charge in [-0.3, -0.25) is 9.59 Å². The molecule has 4 nitrogen and oxygen atoms in total. The van der Waals surface area contributed by atoms with Crippen LogP contribution in [0.2, 0.25) is 0 Å². The smallest absolute Gasteiger partial charge is 0.310 e. The van der Waals surface area contributed by atoms with Crippen molar-refractivity contribution in [3.05, 3.63) is 45.5 Å². The standard InChI is InChI=1S/C13H12O4S/c1-8-3-5-10(17-8)13(15)11-6-4-9(18-11)7-12(14)16-2/h3-6H,7H2,1-2H3. The summed E-state index contributed by atoms with van der Waals surface area (Å²) in [6.07, 6.45) is 0.186. The summed E-state index contributed by atoms with van der Waals surface area (Å²) >= 11 is 1.28. The first-order valence-electron chi connectivity index (χ1n) is 5.37. The molecule has 0 aliphatic rings. The molecule has 0 aromatic carbocycles. The fourth-order valence-corrected chi connectivity index (χ4v) is 2.43. The Kier molecular flexibility index (Phi) is 3.62. The van der Waals surface area contributed by atoms with Crippen molar-refractivity contribution in [1.82, 2.24) is 0 Å². The van der Waals surface area contributed by atoms with Gasteiger partial charge in [0.05, 0.1) is 18.4 Å². The molecule has 0 spiro atoms. The quantitative estimate of drug-likeness (QED) is 0.629. The van der Waals surface area contributed by atoms with Gasteiger partial charge in [-0.25, -0.2) is 0 Å². The minimum absolute atomic E-state index is 0.163. The van der Waals surface area contributed by atoms with Crippen LogP contribution in [0.4, 0.5) is 0 Å². The first-order chi connectivity index (χ1) is 8.60. The van der Waals surface area contributed by atoms with E-state index in [1.165, 1.54) is 18.4 Å². The van der Waals surface area contributed by atoms with Crippen molar-refractivity contribution in [2.75, 3.05) is 7.11 Å². The Morgan fingerprint density at radius 2 is 2.06 bits per heavy atom. The van der Waals surface area contributed by atoms with Crippen molar-refractivity contribution in [2.45, 2.75) is 13.3 Å². The van der Waals surface area contributed by atoms with Gasteiger partial charge < -0.3 is 9.15 Å². The Morgan fingerprint density at radius 3 is 2.67 bits per heavy atom. The number of carbonyl (C=O) groups excluding carboxylic acids is 2. The molecule has 0 saturated carbocycles. The molecule has 0 fully saturated rings. The first-order valence-corrected chi connectivity index (χ1v) is 6.18. The minimum atomic E-state index is -0.315. The van der Waals surface area contributed by atoms with Crippen LogP contribution >= 0.6 is 11.3 Å². The van der Waals surface area contributed by atoms with E-state index >= 15 is 0 Å². The number of ether oxygens (including phenoxy) is 1. The average molecular weight is 264 g/mol. The molecule has 5 heteroatoms. The van der Waals surface area contributed by atoms with Crippen molar-refractivity contribution in [2.24, 2.45) is 0 Å². The maximum absolute atomic E-state index is 12.0. The lowest BCUT2D eigenvalue weighted by molar-refractivity contribution is -0.139. The Bertz CT molecular complexity index is 579. The molecule has 0 aliphatic carbocycles. The molecule has 18 heavy (non-hydrogen) atoms. The Morgan fingerprint density at radius 1 is 1.28 bits per heavy atom. The molecule has 0 unspecified atom stereocenters. The molecule has 94 valence electrons. The number of methoxy groups -OCH3 is 1. The number of thiophene rings is 1. The van der Waals surface area contributed by atoms with E-state index in [0.29, 0.717) is 16.4 Å². The lowest BCUT2D eigenvalue weighted by Crippen LogP contribution is -2.02. The van der Waals surface area contributed by atoms with Crippen LogP contribution in [0.25, 0.3) is 0 Å². The third-order valence-corrected chi connectivity index (χ3v) is 3.48. The second-order valence-electron chi connectivity index (χ2n) is 3.76. The van der Waals surface area contributed by atoms with Gasteiger partial charge in [0.15, 0.2) is 5.76 Å². The zero-order chi connectivity index (χ0) is 13.1. The number of carbonyl (C=O) groups is 2. The van der Waals surface area contributed by atoms with Crippen LogP contribution in [0.15, 0.2) is 28.7 Å². The van der Waals surface area contributed by atoms with Gasteiger partial charge in [-0.05, 0) is 31.2 Å². The SMILES string of the molecule is COC(=O)Cc1ccc(C(=O)c2ccc(C)o2)s1. The second kappa shape index (κ2) is 5.18. The molecule has 0 radical (unpaired) electrons. The molecular weight excluding hydrogens is 252 g/mol. The summed E-state index contributed by atoms with van der Waals surface area (Å²) in [6.45, 7) is 1.79. The average Bonchev–Trinajstić information content (AvgIpc) is 2.97. The number of rotatable bonds is 4. The summed E-state index contributed by atoms with van der Waals surface area (Å²) in [4.78, 5) is 24.5. The molecule has 0 amide bonds. The summed E-state index contributed by atoms with van der Waals surface area (Å²) in [6, 6.07) is 6.85. The van der Waals surface area contributed by atoms with E-state index in [0.717, 1.165) is 4.88 Å². The fourth-order valence-electron chi connectivity index (χ4n) is 1.49. The van der Waals surface area contributed by atoms with Gasteiger partial charge in [0, 0.05) is 4.88 Å². The molecule has 0 saturated heterocycles. The zero-order valence-electron chi connectivity index (χ0n) is 10.1. The molecule has 0 atom stereocenters. The highest BCUT2D eigenvalue weighted by atomic mass is 32.1. The molecule has 2 rings (SSSR count). The molecule has 2 aromatic heterocycles. The van der Waals surface area contributed by atoms with Crippen LogP contribution in [0, 0.1) is 6.92 Å². The number of hydrogen-bond acceptors (Lipinski definition) is 5. The van der Waals surface area contributed by atoms with Crippen molar-refractivity contribution in [3.8, 4) is 0 Å². The predicted octanol–water partition coefficient (Wildman–Crippen LogP) is 2.60. The highest BCUT2D eigenvalue weighted by molar-refractivity contribution is 7.14. The van der Waals surface area contributed by atoms with E-state index in [-0.39, 0.29) is 18.2 Å². The summed E-state index contributed by atoms with van der Waals surface area (Å²) in [5.74, 6) is 0.539. The molecule has 0 aliphatic heterocycles. The Hall–Kier alpha value is -1.88. The summed E-state index contributed by atoms with van der Waals surface area (Å²) in [7, 11) is 1.34. The topological polar surface area (TPSA) is 56.5 Å². The van der Waals surface area contributed by atoms with Crippen molar-refractivity contribution in [3.63, 3.8) is 0 Å². The minimum Gasteiger partial charge on any atom is -0.469 e. The Balaban J connectivity index is 2.15. The first kappa shape index (κ1) is 12.6. The van der Waals surface area contributed by atoms with Crippen LogP contribution in [0.5, 0.6) is 0 Å². The van der Waals surface area contributed by atoms with E-state index in [1.54, 1.807) is 31.2 Å². The van der Waals surface area contributed by atoms with Gasteiger partial charge in [0.25, 0.3) is 0 Å². The molecule has 0 N–H and O–H groups in total. The van der Waals surface area contributed by atoms with Crippen molar-refractivity contribution in [1.29, 1.82) is 0 Å². The number of ketones is 1. The number of furan rings is 1. The van der Waals surface area contributed by atoms with Gasteiger partial charge >= 0.3 is 5.97 Å². The van der Waals surface area contributed by atoms with E-state index in [9.17, 15) is 9.59 Å². The van der Waals surface area contributed by atoms with E-state index in [1.807, 2.05) is 0 Å². The lowest BCUT2D eigenvalue weighted by atomic mass is 10.2. The zero-order valence-corrected chi connectivity index (χ0v) is 10.9. The maximum Gasteiger partial charge on any atom is 0.310 e. The fraction of sp³-hybridized carbons (Fsp3) is 0.231. The molecule has 2 aromatic rings. The normalized spacial score (nSPS) is 10.3. The van der Waals surface area contributed by atoms with Crippen LogP contribution in [0.1, 0.15) is 26.1 Å². The second-order valence-corrected chi connectivity index (χ2v) is 4.93. The van der Waals surface area contributed by atoms with E-state index in [4.69, 9.17) is 4.42 Å². The molecular formula is C13H12O4S. The molecule has 0 bridgehead atoms. The van der Waals surface area contributed by atoms with Crippen LogP contribution in [-0.4, -0.2) is 18.9 Å². The van der Waals surface area contributed by atoms with Gasteiger partial charge in [-0.2, -0.15) is 0 Å². The van der Waals surface area contributed by atoms with Gasteiger partial charge in [0.2, 0.25) is 5.78 Å². The maximum atomic E-state index is 12.0. The van der Waals surface area contributed by atoms with Crippen molar-refractivity contribution >= 4 is 23.1 Å². The largest absolute Gasteiger partial charge is 0.469 e. The van der Waals surface area contributed by atoms with Crippen LogP contribution in [0.3, 0.4) is 0 Å².